The molecule has 2 N–H and O–H groups in total. The number of aromatic nitrogens is 1. The molecule has 0 fully saturated rings. The van der Waals surface area contributed by atoms with Crippen LogP contribution in [-0.4, -0.2) is 27.8 Å². The maximum Gasteiger partial charge on any atom is 0.347 e. The molecule has 5 nitrogen and oxygen atoms in total. The lowest BCUT2D eigenvalue weighted by atomic mass is 10.1. The molecule has 0 aliphatic carbocycles. The molecule has 2 rings (SSSR count). The topological polar surface area (TPSA) is 79.7 Å². The van der Waals surface area contributed by atoms with E-state index in [1.807, 2.05) is 6.07 Å². The molecule has 0 unspecified atom stereocenters. The van der Waals surface area contributed by atoms with Crippen LogP contribution in [0.15, 0.2) is 18.2 Å². The summed E-state index contributed by atoms with van der Waals surface area (Å²) in [5, 5.41) is 19.2. The predicted molar refractivity (Wildman–Crippen MR) is 85.5 cm³/mol. The van der Waals surface area contributed by atoms with Crippen LogP contribution in [0.25, 0.3) is 10.6 Å². The van der Waals surface area contributed by atoms with Crippen LogP contribution in [0, 0.1) is 12.8 Å². The number of hydrogen-bond donors (Lipinski definition) is 2. The van der Waals surface area contributed by atoms with E-state index in [0.717, 1.165) is 16.9 Å². The summed E-state index contributed by atoms with van der Waals surface area (Å²) < 4.78 is 5.68. The molecule has 1 aromatic heterocycles. The minimum absolute atomic E-state index is 0.141. The van der Waals surface area contributed by atoms with E-state index in [-0.39, 0.29) is 11.5 Å². The standard InChI is InChI=1S/C16H19NO4S/c1-9(2)8-21-13-5-4-11(6-12(13)7-18)15-17-10(3)14(22-15)16(19)20/h4-6,9,18H,7-8H2,1-3H3,(H,19,20). The fourth-order valence-corrected chi connectivity index (χ4v) is 2.85. The number of aliphatic hydroxyl groups is 1. The SMILES string of the molecule is Cc1nc(-c2ccc(OCC(C)C)c(CO)c2)sc1C(=O)O. The van der Waals surface area contributed by atoms with Crippen molar-refractivity contribution >= 4 is 17.3 Å². The quantitative estimate of drug-likeness (QED) is 0.853. The Morgan fingerprint density at radius 2 is 2.14 bits per heavy atom. The van der Waals surface area contributed by atoms with Gasteiger partial charge in [-0.05, 0) is 31.0 Å². The van der Waals surface area contributed by atoms with E-state index in [9.17, 15) is 9.90 Å². The summed E-state index contributed by atoms with van der Waals surface area (Å²) in [5.74, 6) is 0.0677. The number of benzene rings is 1. The second kappa shape index (κ2) is 6.89. The van der Waals surface area contributed by atoms with E-state index in [0.29, 0.717) is 34.5 Å². The monoisotopic (exact) mass is 321 g/mol. The van der Waals surface area contributed by atoms with Crippen molar-refractivity contribution in [3.63, 3.8) is 0 Å². The van der Waals surface area contributed by atoms with Gasteiger partial charge in [0, 0.05) is 11.1 Å². The van der Waals surface area contributed by atoms with Crippen LogP contribution in [0.5, 0.6) is 5.75 Å². The maximum atomic E-state index is 11.1. The lowest BCUT2D eigenvalue weighted by Crippen LogP contribution is -2.06. The van der Waals surface area contributed by atoms with Crippen molar-refractivity contribution in [2.75, 3.05) is 6.61 Å². The van der Waals surface area contributed by atoms with Gasteiger partial charge in [-0.1, -0.05) is 13.8 Å². The number of aryl methyl sites for hydroxylation is 1. The first kappa shape index (κ1) is 16.5. The summed E-state index contributed by atoms with van der Waals surface area (Å²) in [6, 6.07) is 5.42. The second-order valence-electron chi connectivity index (χ2n) is 5.42. The highest BCUT2D eigenvalue weighted by Crippen LogP contribution is 2.31. The Morgan fingerprint density at radius 1 is 1.41 bits per heavy atom. The first-order valence-electron chi connectivity index (χ1n) is 7.00. The van der Waals surface area contributed by atoms with E-state index in [1.54, 1.807) is 19.1 Å². The molecule has 0 amide bonds. The minimum atomic E-state index is -0.972. The molecule has 0 saturated carbocycles. The van der Waals surface area contributed by atoms with Crippen molar-refractivity contribution in [1.29, 1.82) is 0 Å². The molecule has 1 heterocycles. The predicted octanol–water partition coefficient (Wildman–Crippen LogP) is 3.34. The number of carboxylic acids is 1. The number of nitrogens with zero attached hydrogens (tertiary/aromatic N) is 1. The van der Waals surface area contributed by atoms with E-state index in [2.05, 4.69) is 18.8 Å². The van der Waals surface area contributed by atoms with Gasteiger partial charge >= 0.3 is 5.97 Å². The number of carboxylic acid groups (broad SMARTS) is 1. The molecule has 118 valence electrons. The highest BCUT2D eigenvalue weighted by atomic mass is 32.1. The molecule has 0 radical (unpaired) electrons. The number of aromatic carboxylic acids is 1. The van der Waals surface area contributed by atoms with Crippen molar-refractivity contribution in [3.05, 3.63) is 34.3 Å². The van der Waals surface area contributed by atoms with E-state index in [1.165, 1.54) is 0 Å². The Balaban J connectivity index is 2.33. The van der Waals surface area contributed by atoms with Crippen molar-refractivity contribution in [2.24, 2.45) is 5.92 Å². The van der Waals surface area contributed by atoms with Gasteiger partial charge in [0.2, 0.25) is 0 Å². The molecular weight excluding hydrogens is 302 g/mol. The highest BCUT2D eigenvalue weighted by Gasteiger charge is 2.16. The fourth-order valence-electron chi connectivity index (χ4n) is 1.95. The first-order chi connectivity index (χ1) is 10.4. The average Bonchev–Trinajstić information content (AvgIpc) is 2.87. The zero-order chi connectivity index (χ0) is 16.3. The molecule has 0 aliphatic heterocycles. The second-order valence-corrected chi connectivity index (χ2v) is 6.42. The molecular formula is C16H19NO4S. The minimum Gasteiger partial charge on any atom is -0.493 e. The Bertz CT molecular complexity index is 679. The van der Waals surface area contributed by atoms with E-state index < -0.39 is 5.97 Å². The summed E-state index contributed by atoms with van der Waals surface area (Å²) >= 11 is 1.13. The van der Waals surface area contributed by atoms with Gasteiger partial charge in [-0.25, -0.2) is 9.78 Å². The third-order valence-electron chi connectivity index (χ3n) is 3.04. The summed E-state index contributed by atoms with van der Waals surface area (Å²) in [4.78, 5) is 15.6. The van der Waals surface area contributed by atoms with Gasteiger partial charge in [-0.15, -0.1) is 11.3 Å². The molecule has 0 spiro atoms. The molecule has 0 saturated heterocycles. The van der Waals surface area contributed by atoms with Gasteiger partial charge in [0.25, 0.3) is 0 Å². The van der Waals surface area contributed by atoms with Gasteiger partial charge in [-0.2, -0.15) is 0 Å². The third-order valence-corrected chi connectivity index (χ3v) is 4.24. The van der Waals surface area contributed by atoms with Crippen molar-refractivity contribution in [1.82, 2.24) is 4.98 Å². The summed E-state index contributed by atoms with van der Waals surface area (Å²) in [7, 11) is 0. The van der Waals surface area contributed by atoms with Crippen LogP contribution >= 0.6 is 11.3 Å². The lowest BCUT2D eigenvalue weighted by molar-refractivity contribution is 0.0701. The number of thiazole rings is 1. The summed E-state index contributed by atoms with van der Waals surface area (Å²) in [6.07, 6.45) is 0. The van der Waals surface area contributed by atoms with E-state index in [4.69, 9.17) is 9.84 Å². The largest absolute Gasteiger partial charge is 0.493 e. The van der Waals surface area contributed by atoms with Crippen LogP contribution in [0.4, 0.5) is 0 Å². The third kappa shape index (κ3) is 3.64. The van der Waals surface area contributed by atoms with Gasteiger partial charge in [0.1, 0.15) is 15.6 Å². The first-order valence-corrected chi connectivity index (χ1v) is 7.81. The Morgan fingerprint density at radius 3 is 2.68 bits per heavy atom. The van der Waals surface area contributed by atoms with Gasteiger partial charge in [0.15, 0.2) is 0 Å². The number of rotatable bonds is 6. The molecule has 1 aromatic carbocycles. The molecule has 0 bridgehead atoms. The number of hydrogen-bond acceptors (Lipinski definition) is 5. The fraction of sp³-hybridized carbons (Fsp3) is 0.375. The van der Waals surface area contributed by atoms with Gasteiger partial charge in [-0.3, -0.25) is 0 Å². The Labute approximate surface area is 133 Å². The van der Waals surface area contributed by atoms with Crippen LogP contribution in [0.1, 0.15) is 34.8 Å². The van der Waals surface area contributed by atoms with Crippen LogP contribution < -0.4 is 4.74 Å². The summed E-state index contributed by atoms with van der Waals surface area (Å²) in [5.41, 5.74) is 1.95. The maximum absolute atomic E-state index is 11.1. The molecule has 6 heteroatoms. The van der Waals surface area contributed by atoms with E-state index >= 15 is 0 Å². The number of aliphatic hydroxyl groups excluding tert-OH is 1. The molecule has 0 aliphatic rings. The Hall–Kier alpha value is -1.92. The summed E-state index contributed by atoms with van der Waals surface area (Å²) in [6.45, 7) is 6.22. The zero-order valence-corrected chi connectivity index (χ0v) is 13.6. The molecule has 0 atom stereocenters. The van der Waals surface area contributed by atoms with Gasteiger partial charge in [0.05, 0.1) is 18.9 Å². The number of carbonyl (C=O) groups is 1. The lowest BCUT2D eigenvalue weighted by Gasteiger charge is -2.12. The van der Waals surface area contributed by atoms with Crippen LogP contribution in [-0.2, 0) is 6.61 Å². The average molecular weight is 321 g/mol. The number of ether oxygens (including phenoxy) is 1. The van der Waals surface area contributed by atoms with Crippen LogP contribution in [0.2, 0.25) is 0 Å². The van der Waals surface area contributed by atoms with Crippen LogP contribution in [0.3, 0.4) is 0 Å². The zero-order valence-electron chi connectivity index (χ0n) is 12.8. The Kier molecular flexibility index (Phi) is 5.15. The smallest absolute Gasteiger partial charge is 0.347 e. The van der Waals surface area contributed by atoms with Crippen molar-refractivity contribution in [3.8, 4) is 16.3 Å². The van der Waals surface area contributed by atoms with Crippen molar-refractivity contribution < 1.29 is 19.7 Å². The normalized spacial score (nSPS) is 11.0. The molecule has 2 aromatic rings. The van der Waals surface area contributed by atoms with Crippen molar-refractivity contribution in [2.45, 2.75) is 27.4 Å². The molecule has 22 heavy (non-hydrogen) atoms. The van der Waals surface area contributed by atoms with Gasteiger partial charge < -0.3 is 14.9 Å². The highest BCUT2D eigenvalue weighted by molar-refractivity contribution is 7.17.